The molecule has 184 valence electrons. The van der Waals surface area contributed by atoms with Crippen LogP contribution in [-0.4, -0.2) is 25.2 Å². The van der Waals surface area contributed by atoms with Gasteiger partial charge >= 0.3 is 12.1 Å². The first-order valence-corrected chi connectivity index (χ1v) is 12.2. The van der Waals surface area contributed by atoms with E-state index in [0.717, 1.165) is 5.56 Å². The van der Waals surface area contributed by atoms with E-state index in [4.69, 9.17) is 9.47 Å². The average molecular weight is 490 g/mol. The summed E-state index contributed by atoms with van der Waals surface area (Å²) >= 11 is 0. The second kappa shape index (κ2) is 10.2. The third-order valence-electron chi connectivity index (χ3n) is 6.61. The maximum Gasteiger partial charge on any atom is 0.412 e. The van der Waals surface area contributed by atoms with Crippen molar-refractivity contribution in [2.45, 2.75) is 12.3 Å². The number of hydrogen-bond acceptors (Lipinski definition) is 4. The fraction of sp³-hybridized carbons (Fsp3) is 0.125. The van der Waals surface area contributed by atoms with E-state index >= 15 is 0 Å². The van der Waals surface area contributed by atoms with E-state index in [2.05, 4.69) is 84.7 Å². The zero-order valence-corrected chi connectivity index (χ0v) is 20.6. The molecule has 0 saturated carbocycles. The van der Waals surface area contributed by atoms with Gasteiger partial charge in [0.15, 0.2) is 0 Å². The summed E-state index contributed by atoms with van der Waals surface area (Å²) in [6.45, 7) is 5.27. The first-order chi connectivity index (χ1) is 18.0. The van der Waals surface area contributed by atoms with Gasteiger partial charge in [-0.05, 0) is 52.4 Å². The molecule has 0 aromatic heterocycles. The van der Waals surface area contributed by atoms with E-state index < -0.39 is 17.5 Å². The highest BCUT2D eigenvalue weighted by Gasteiger charge is 2.45. The van der Waals surface area contributed by atoms with Crippen LogP contribution in [0.15, 0.2) is 115 Å². The molecule has 4 aromatic rings. The first-order valence-electron chi connectivity index (χ1n) is 12.2. The van der Waals surface area contributed by atoms with Gasteiger partial charge in [-0.3, -0.25) is 0 Å². The number of nitrogens with one attached hydrogen (secondary N) is 1. The van der Waals surface area contributed by atoms with Crippen LogP contribution in [0.2, 0.25) is 0 Å². The van der Waals surface area contributed by atoms with E-state index in [9.17, 15) is 9.59 Å². The number of ether oxygens (including phenoxy) is 2. The number of amides is 1. The molecule has 1 amide bonds. The number of carbonyl (C=O) groups is 2. The smallest absolute Gasteiger partial charge is 0.412 e. The molecule has 0 atom stereocenters. The van der Waals surface area contributed by atoms with E-state index in [0.29, 0.717) is 11.3 Å². The van der Waals surface area contributed by atoms with Gasteiger partial charge in [0.25, 0.3) is 0 Å². The molecule has 0 heterocycles. The van der Waals surface area contributed by atoms with E-state index in [1.54, 1.807) is 6.92 Å². The zero-order chi connectivity index (χ0) is 25.8. The quantitative estimate of drug-likeness (QED) is 0.167. The Balaban J connectivity index is 1.44. The molecule has 5 rings (SSSR count). The molecule has 5 heteroatoms. The number of carbonyl (C=O) groups excluding carboxylic acids is 2. The highest BCUT2D eigenvalue weighted by molar-refractivity contribution is 5.87. The Morgan fingerprint density at radius 2 is 1.30 bits per heavy atom. The number of esters is 1. The maximum atomic E-state index is 12.3. The normalized spacial score (nSPS) is 12.7. The van der Waals surface area contributed by atoms with Crippen LogP contribution < -0.4 is 10.1 Å². The standard InChI is InChI=1S/C32H27NO4/c1-22(2)30(34)36-21-20-33-31(35)37-25-18-16-24(17-19-25)32(23-10-4-3-5-11-23)28-14-8-6-12-26(28)27-13-7-9-15-29(27)32/h3-19H,1,20-21H2,2H3,(H,33,35). The number of fused-ring (bicyclic) bond motifs is 3. The van der Waals surface area contributed by atoms with Gasteiger partial charge < -0.3 is 14.8 Å². The summed E-state index contributed by atoms with van der Waals surface area (Å²) in [6, 6.07) is 35.2. The van der Waals surface area contributed by atoms with Crippen molar-refractivity contribution in [3.63, 3.8) is 0 Å². The highest BCUT2D eigenvalue weighted by atomic mass is 16.6. The van der Waals surface area contributed by atoms with Gasteiger partial charge in [0.1, 0.15) is 12.4 Å². The lowest BCUT2D eigenvalue weighted by Gasteiger charge is -2.33. The molecule has 37 heavy (non-hydrogen) atoms. The van der Waals surface area contributed by atoms with Gasteiger partial charge in [-0.25, -0.2) is 9.59 Å². The monoisotopic (exact) mass is 489 g/mol. The van der Waals surface area contributed by atoms with Crippen molar-refractivity contribution in [3.8, 4) is 16.9 Å². The third-order valence-corrected chi connectivity index (χ3v) is 6.61. The average Bonchev–Trinajstić information content (AvgIpc) is 3.23. The Morgan fingerprint density at radius 1 is 0.757 bits per heavy atom. The minimum Gasteiger partial charge on any atom is -0.460 e. The molecule has 0 fully saturated rings. The van der Waals surface area contributed by atoms with Crippen molar-refractivity contribution in [1.82, 2.24) is 5.32 Å². The molecule has 0 unspecified atom stereocenters. The summed E-state index contributed by atoms with van der Waals surface area (Å²) in [5, 5.41) is 2.59. The molecule has 1 N–H and O–H groups in total. The predicted octanol–water partition coefficient (Wildman–Crippen LogP) is 6.26. The van der Waals surface area contributed by atoms with E-state index in [1.165, 1.54) is 27.8 Å². The Bertz CT molecular complexity index is 1410. The first kappa shape index (κ1) is 24.1. The van der Waals surface area contributed by atoms with Crippen LogP contribution >= 0.6 is 0 Å². The van der Waals surface area contributed by atoms with Crippen LogP contribution in [0.4, 0.5) is 4.79 Å². The Hall–Kier alpha value is -4.64. The van der Waals surface area contributed by atoms with Crippen molar-refractivity contribution < 1.29 is 19.1 Å². The summed E-state index contributed by atoms with van der Waals surface area (Å²) in [5.74, 6) is -0.0730. The van der Waals surface area contributed by atoms with Gasteiger partial charge in [-0.1, -0.05) is 97.6 Å². The topological polar surface area (TPSA) is 64.6 Å². The summed E-state index contributed by atoms with van der Waals surface area (Å²) < 4.78 is 10.4. The summed E-state index contributed by atoms with van der Waals surface area (Å²) in [7, 11) is 0. The van der Waals surface area contributed by atoms with Crippen molar-refractivity contribution in [1.29, 1.82) is 0 Å². The predicted molar refractivity (Wildman–Crippen MR) is 144 cm³/mol. The van der Waals surface area contributed by atoms with Crippen molar-refractivity contribution in [2.75, 3.05) is 13.2 Å². The zero-order valence-electron chi connectivity index (χ0n) is 20.6. The van der Waals surface area contributed by atoms with Crippen molar-refractivity contribution in [2.24, 2.45) is 0 Å². The molecule has 1 aliphatic carbocycles. The minimum atomic E-state index is -0.617. The fourth-order valence-electron chi connectivity index (χ4n) is 5.05. The number of benzene rings is 4. The van der Waals surface area contributed by atoms with Gasteiger partial charge in [-0.15, -0.1) is 0 Å². The summed E-state index contributed by atoms with van der Waals surface area (Å²) in [4.78, 5) is 23.7. The minimum absolute atomic E-state index is 0.0398. The Morgan fingerprint density at radius 3 is 1.89 bits per heavy atom. The lowest BCUT2D eigenvalue weighted by atomic mass is 9.68. The largest absolute Gasteiger partial charge is 0.460 e. The fourth-order valence-corrected chi connectivity index (χ4v) is 5.05. The van der Waals surface area contributed by atoms with Crippen LogP contribution in [0.3, 0.4) is 0 Å². The van der Waals surface area contributed by atoms with Gasteiger partial charge in [-0.2, -0.15) is 0 Å². The number of hydrogen-bond donors (Lipinski definition) is 1. The Kier molecular flexibility index (Phi) is 6.60. The van der Waals surface area contributed by atoms with Gasteiger partial charge in [0.2, 0.25) is 0 Å². The van der Waals surface area contributed by atoms with Crippen LogP contribution in [0.1, 0.15) is 29.2 Å². The SMILES string of the molecule is C=C(C)C(=O)OCCNC(=O)Oc1ccc(C2(c3ccccc3)c3ccccc3-c3ccccc32)cc1. The van der Waals surface area contributed by atoms with Crippen molar-refractivity contribution >= 4 is 12.1 Å². The van der Waals surface area contributed by atoms with Crippen LogP contribution in [0, 0.1) is 0 Å². The van der Waals surface area contributed by atoms with Crippen LogP contribution in [0.25, 0.3) is 11.1 Å². The lowest BCUT2D eigenvalue weighted by Crippen LogP contribution is -2.31. The summed E-state index contributed by atoms with van der Waals surface area (Å²) in [5.41, 5.74) is 6.93. The molecule has 0 spiro atoms. The van der Waals surface area contributed by atoms with Crippen LogP contribution in [-0.2, 0) is 14.9 Å². The molecule has 5 nitrogen and oxygen atoms in total. The maximum absolute atomic E-state index is 12.3. The molecular weight excluding hydrogens is 462 g/mol. The molecule has 0 radical (unpaired) electrons. The molecule has 0 aliphatic heterocycles. The molecular formula is C32H27NO4. The van der Waals surface area contributed by atoms with Crippen LogP contribution in [0.5, 0.6) is 5.75 Å². The molecule has 0 saturated heterocycles. The molecule has 1 aliphatic rings. The third kappa shape index (κ3) is 4.40. The lowest BCUT2D eigenvalue weighted by molar-refractivity contribution is -0.138. The van der Waals surface area contributed by atoms with Gasteiger partial charge in [0, 0.05) is 5.57 Å². The summed E-state index contributed by atoms with van der Waals surface area (Å²) in [6.07, 6.45) is -0.617. The van der Waals surface area contributed by atoms with E-state index in [-0.39, 0.29) is 13.2 Å². The second-order valence-electron chi connectivity index (χ2n) is 8.96. The molecule has 4 aromatic carbocycles. The van der Waals surface area contributed by atoms with Crippen molar-refractivity contribution in [3.05, 3.63) is 138 Å². The second-order valence-corrected chi connectivity index (χ2v) is 8.96. The Labute approximate surface area is 216 Å². The highest BCUT2D eigenvalue weighted by Crippen LogP contribution is 2.55. The van der Waals surface area contributed by atoms with Gasteiger partial charge in [0.05, 0.1) is 12.0 Å². The molecule has 0 bridgehead atoms. The van der Waals surface area contributed by atoms with E-state index in [1.807, 2.05) is 30.3 Å². The number of rotatable bonds is 7.